The van der Waals surface area contributed by atoms with Crippen LogP contribution in [0.25, 0.3) is 0 Å². The maximum absolute atomic E-state index is 11.8. The van der Waals surface area contributed by atoms with Crippen molar-refractivity contribution in [2.75, 3.05) is 0 Å². The van der Waals surface area contributed by atoms with Crippen LogP contribution in [0.5, 0.6) is 0 Å². The van der Waals surface area contributed by atoms with Crippen LogP contribution in [-0.2, 0) is 9.53 Å². The highest BCUT2D eigenvalue weighted by Gasteiger charge is 2.37. The molecule has 0 aromatic rings. The van der Waals surface area contributed by atoms with Crippen LogP contribution >= 0.6 is 0 Å². The van der Waals surface area contributed by atoms with Gasteiger partial charge >= 0.3 is 5.97 Å². The minimum atomic E-state index is -0.201. The molecule has 1 aliphatic carbocycles. The highest BCUT2D eigenvalue weighted by molar-refractivity contribution is 5.87. The lowest BCUT2D eigenvalue weighted by atomic mass is 9.93. The average Bonchev–Trinajstić information content (AvgIpc) is 2.82. The molecule has 2 heteroatoms. The van der Waals surface area contributed by atoms with Gasteiger partial charge in [-0.2, -0.15) is 0 Å². The molecule has 1 aliphatic rings. The molecule has 0 atom stereocenters. The van der Waals surface area contributed by atoms with Crippen LogP contribution in [0.15, 0.2) is 12.2 Å². The Morgan fingerprint density at radius 2 is 1.68 bits per heavy atom. The molecule has 0 aromatic heterocycles. The van der Waals surface area contributed by atoms with Crippen molar-refractivity contribution in [2.24, 2.45) is 0 Å². The zero-order valence-electron chi connectivity index (χ0n) is 12.8. The number of rotatable bonds is 9. The highest BCUT2D eigenvalue weighted by atomic mass is 16.6. The maximum atomic E-state index is 11.8. The molecule has 0 amide bonds. The smallest absolute Gasteiger partial charge is 0.333 e. The van der Waals surface area contributed by atoms with Crippen LogP contribution in [0.2, 0.25) is 0 Å². The SMILES string of the molecule is C=C(C)C(=O)OC1(CCCCCCCC)CCCC1. The number of carbonyl (C=O) groups excluding carboxylic acids is 1. The van der Waals surface area contributed by atoms with Gasteiger partial charge in [-0.15, -0.1) is 0 Å². The summed E-state index contributed by atoms with van der Waals surface area (Å²) < 4.78 is 5.75. The third-order valence-corrected chi connectivity index (χ3v) is 4.16. The normalized spacial score (nSPS) is 17.4. The molecule has 0 spiro atoms. The van der Waals surface area contributed by atoms with Gasteiger partial charge in [-0.25, -0.2) is 4.79 Å². The van der Waals surface area contributed by atoms with Crippen molar-refractivity contribution >= 4 is 5.97 Å². The first-order chi connectivity index (χ1) is 9.09. The molecule has 110 valence electrons. The molecule has 1 saturated carbocycles. The van der Waals surface area contributed by atoms with E-state index in [1.807, 2.05) is 0 Å². The van der Waals surface area contributed by atoms with E-state index in [1.54, 1.807) is 6.92 Å². The van der Waals surface area contributed by atoms with E-state index >= 15 is 0 Å². The van der Waals surface area contributed by atoms with Crippen LogP contribution < -0.4 is 0 Å². The number of unbranched alkanes of at least 4 members (excludes halogenated alkanes) is 5. The van der Waals surface area contributed by atoms with Gasteiger partial charge in [-0.1, -0.05) is 45.6 Å². The summed E-state index contributed by atoms with van der Waals surface area (Å²) in [5, 5.41) is 0. The van der Waals surface area contributed by atoms with E-state index in [0.29, 0.717) is 5.57 Å². The Labute approximate surface area is 118 Å². The van der Waals surface area contributed by atoms with E-state index in [-0.39, 0.29) is 11.6 Å². The fourth-order valence-electron chi connectivity index (χ4n) is 2.93. The lowest BCUT2D eigenvalue weighted by Gasteiger charge is -2.29. The average molecular weight is 266 g/mol. The summed E-state index contributed by atoms with van der Waals surface area (Å²) in [6, 6.07) is 0. The van der Waals surface area contributed by atoms with Gasteiger partial charge in [-0.3, -0.25) is 0 Å². The zero-order chi connectivity index (χ0) is 14.1. The monoisotopic (exact) mass is 266 g/mol. The van der Waals surface area contributed by atoms with Gasteiger partial charge in [-0.05, 0) is 45.4 Å². The molecular weight excluding hydrogens is 236 g/mol. The fraction of sp³-hybridized carbons (Fsp3) is 0.824. The molecule has 19 heavy (non-hydrogen) atoms. The summed E-state index contributed by atoms with van der Waals surface area (Å²) in [5.41, 5.74) is 0.357. The molecule has 0 aromatic carbocycles. The minimum absolute atomic E-state index is 0.166. The first kappa shape index (κ1) is 16.3. The molecule has 0 unspecified atom stereocenters. The molecule has 0 radical (unpaired) electrons. The maximum Gasteiger partial charge on any atom is 0.333 e. The standard InChI is InChI=1S/C17H30O2/c1-4-5-6-7-8-9-12-17(13-10-11-14-17)19-16(18)15(2)3/h2,4-14H2,1,3H3. The minimum Gasteiger partial charge on any atom is -0.456 e. The second kappa shape index (κ2) is 8.39. The Morgan fingerprint density at radius 3 is 2.26 bits per heavy atom. The lowest BCUT2D eigenvalue weighted by molar-refractivity contribution is -0.155. The van der Waals surface area contributed by atoms with Crippen molar-refractivity contribution in [3.63, 3.8) is 0 Å². The van der Waals surface area contributed by atoms with Gasteiger partial charge in [0.15, 0.2) is 0 Å². The Bertz CT molecular complexity index is 288. The predicted molar refractivity (Wildman–Crippen MR) is 80.1 cm³/mol. The second-order valence-corrected chi connectivity index (χ2v) is 6.08. The van der Waals surface area contributed by atoms with E-state index in [2.05, 4.69) is 13.5 Å². The first-order valence-electron chi connectivity index (χ1n) is 7.98. The molecule has 0 bridgehead atoms. The summed E-state index contributed by atoms with van der Waals surface area (Å²) in [6.45, 7) is 7.66. The number of hydrogen-bond donors (Lipinski definition) is 0. The number of esters is 1. The van der Waals surface area contributed by atoms with Gasteiger partial charge in [0.25, 0.3) is 0 Å². The third-order valence-electron chi connectivity index (χ3n) is 4.16. The van der Waals surface area contributed by atoms with Crippen LogP contribution in [-0.4, -0.2) is 11.6 Å². The van der Waals surface area contributed by atoms with E-state index in [4.69, 9.17) is 4.74 Å². The summed E-state index contributed by atoms with van der Waals surface area (Å²) in [6.07, 6.45) is 13.3. The Kier molecular flexibility index (Phi) is 7.19. The lowest BCUT2D eigenvalue weighted by Crippen LogP contribution is -2.32. The first-order valence-corrected chi connectivity index (χ1v) is 7.98. The van der Waals surface area contributed by atoms with Gasteiger partial charge < -0.3 is 4.74 Å². The summed E-state index contributed by atoms with van der Waals surface area (Å²) in [7, 11) is 0. The van der Waals surface area contributed by atoms with Crippen LogP contribution in [0, 0.1) is 0 Å². The van der Waals surface area contributed by atoms with Crippen LogP contribution in [0.1, 0.15) is 84.5 Å². The van der Waals surface area contributed by atoms with Crippen LogP contribution in [0.4, 0.5) is 0 Å². The largest absolute Gasteiger partial charge is 0.456 e. The van der Waals surface area contributed by atoms with Crippen molar-refractivity contribution < 1.29 is 9.53 Å². The molecule has 0 aliphatic heterocycles. The van der Waals surface area contributed by atoms with Gasteiger partial charge in [0, 0.05) is 5.57 Å². The number of hydrogen-bond acceptors (Lipinski definition) is 2. The molecular formula is C17H30O2. The van der Waals surface area contributed by atoms with E-state index < -0.39 is 0 Å². The second-order valence-electron chi connectivity index (χ2n) is 6.08. The molecule has 0 N–H and O–H groups in total. The van der Waals surface area contributed by atoms with Crippen molar-refractivity contribution in [1.29, 1.82) is 0 Å². The highest BCUT2D eigenvalue weighted by Crippen LogP contribution is 2.38. The molecule has 1 rings (SSSR count). The van der Waals surface area contributed by atoms with Crippen molar-refractivity contribution in [1.82, 2.24) is 0 Å². The van der Waals surface area contributed by atoms with E-state index in [9.17, 15) is 4.79 Å². The zero-order valence-corrected chi connectivity index (χ0v) is 12.8. The Morgan fingerprint density at radius 1 is 1.11 bits per heavy atom. The quantitative estimate of drug-likeness (QED) is 0.327. The third kappa shape index (κ3) is 5.80. The predicted octanol–water partition coefficient (Wildman–Crippen LogP) is 5.17. The number of ether oxygens (including phenoxy) is 1. The molecule has 0 heterocycles. The topological polar surface area (TPSA) is 26.3 Å². The van der Waals surface area contributed by atoms with E-state index in [1.165, 1.54) is 51.4 Å². The van der Waals surface area contributed by atoms with Gasteiger partial charge in [0.2, 0.25) is 0 Å². The van der Waals surface area contributed by atoms with Crippen molar-refractivity contribution in [3.05, 3.63) is 12.2 Å². The van der Waals surface area contributed by atoms with Crippen LogP contribution in [0.3, 0.4) is 0 Å². The Hall–Kier alpha value is -0.790. The van der Waals surface area contributed by atoms with Crippen molar-refractivity contribution in [2.45, 2.75) is 90.1 Å². The van der Waals surface area contributed by atoms with Crippen molar-refractivity contribution in [3.8, 4) is 0 Å². The summed E-state index contributed by atoms with van der Waals surface area (Å²) >= 11 is 0. The van der Waals surface area contributed by atoms with Gasteiger partial charge in [0.05, 0.1) is 0 Å². The molecule has 2 nitrogen and oxygen atoms in total. The Balaban J connectivity index is 2.31. The molecule has 0 saturated heterocycles. The molecule has 1 fully saturated rings. The summed E-state index contributed by atoms with van der Waals surface area (Å²) in [5.74, 6) is -0.201. The number of carbonyl (C=O) groups is 1. The van der Waals surface area contributed by atoms with E-state index in [0.717, 1.165) is 19.3 Å². The fourth-order valence-corrected chi connectivity index (χ4v) is 2.93. The summed E-state index contributed by atoms with van der Waals surface area (Å²) in [4.78, 5) is 11.8. The van der Waals surface area contributed by atoms with Gasteiger partial charge in [0.1, 0.15) is 5.60 Å².